The minimum Gasteiger partial charge on any atom is -0.326 e. The molecule has 4 amide bonds. The zero-order chi connectivity index (χ0) is 27.1. The summed E-state index contributed by atoms with van der Waals surface area (Å²) < 4.78 is 2.18. The Balaban J connectivity index is 1.25. The number of rotatable bonds is 10. The number of amides is 4. The first kappa shape index (κ1) is 27.1. The molecule has 196 valence electrons. The Hall–Kier alpha value is -3.95. The number of benzene rings is 2. The van der Waals surface area contributed by atoms with Gasteiger partial charge in [0.1, 0.15) is 0 Å². The average molecular weight is 571 g/mol. The summed E-state index contributed by atoms with van der Waals surface area (Å²) >= 11 is 3.75. The average Bonchev–Trinajstić information content (AvgIpc) is 3.44. The van der Waals surface area contributed by atoms with E-state index < -0.39 is 0 Å². The van der Waals surface area contributed by atoms with E-state index in [0.717, 1.165) is 0 Å². The summed E-state index contributed by atoms with van der Waals surface area (Å²) in [4.78, 5) is 47.5. The summed E-state index contributed by atoms with van der Waals surface area (Å²) in [6.07, 6.45) is 0. The molecule has 0 atom stereocenters. The van der Waals surface area contributed by atoms with Crippen molar-refractivity contribution in [2.45, 2.75) is 23.3 Å². The van der Waals surface area contributed by atoms with Crippen molar-refractivity contribution < 1.29 is 19.2 Å². The number of anilines is 4. The second kappa shape index (κ2) is 12.5. The number of hydrogen-bond donors (Lipinski definition) is 4. The number of nitrogens with one attached hydrogen (secondary N) is 4. The summed E-state index contributed by atoms with van der Waals surface area (Å²) in [5.74, 6) is -0.536. The normalized spacial score (nSPS) is 10.7. The molecule has 0 saturated heterocycles. The monoisotopic (exact) mass is 570 g/mol. The van der Waals surface area contributed by atoms with E-state index in [9.17, 15) is 19.2 Å². The molecule has 4 aromatic rings. The van der Waals surface area contributed by atoms with Crippen LogP contribution >= 0.6 is 34.9 Å². The lowest BCUT2D eigenvalue weighted by atomic mass is 10.3. The lowest BCUT2D eigenvalue weighted by Crippen LogP contribution is -2.14. The second-order valence-electron chi connectivity index (χ2n) is 7.74. The van der Waals surface area contributed by atoms with Gasteiger partial charge in [0.25, 0.3) is 0 Å². The number of thioether (sulfide) groups is 2. The van der Waals surface area contributed by atoms with E-state index >= 15 is 0 Å². The van der Waals surface area contributed by atoms with Crippen LogP contribution in [-0.4, -0.2) is 54.9 Å². The van der Waals surface area contributed by atoms with Gasteiger partial charge in [-0.3, -0.25) is 19.2 Å². The minimum absolute atomic E-state index is 0.0946. The highest BCUT2D eigenvalue weighted by molar-refractivity contribution is 8.01. The first-order valence-electron chi connectivity index (χ1n) is 11.1. The molecule has 2 aromatic carbocycles. The predicted molar refractivity (Wildman–Crippen MR) is 149 cm³/mol. The molecule has 2 heterocycles. The Morgan fingerprint density at radius 3 is 1.63 bits per heavy atom. The van der Waals surface area contributed by atoms with E-state index in [1.54, 1.807) is 53.0 Å². The van der Waals surface area contributed by atoms with Crippen LogP contribution in [-0.2, 0) is 19.2 Å². The van der Waals surface area contributed by atoms with Crippen LogP contribution < -0.4 is 21.3 Å². The van der Waals surface area contributed by atoms with E-state index in [1.807, 2.05) is 0 Å². The minimum atomic E-state index is -0.231. The topological polar surface area (TPSA) is 159 Å². The molecule has 4 rings (SSSR count). The van der Waals surface area contributed by atoms with Gasteiger partial charge < -0.3 is 21.3 Å². The van der Waals surface area contributed by atoms with Gasteiger partial charge in [0, 0.05) is 36.6 Å². The second-order valence-corrected chi connectivity index (χ2v) is 10.9. The molecule has 0 aliphatic carbocycles. The van der Waals surface area contributed by atoms with Gasteiger partial charge in [-0.1, -0.05) is 34.9 Å². The molecule has 0 radical (unpaired) electrons. The fourth-order valence-electron chi connectivity index (χ4n) is 3.06. The molecule has 4 N–H and O–H groups in total. The summed E-state index contributed by atoms with van der Waals surface area (Å²) in [7, 11) is 0. The number of carbonyl (C=O) groups is 4. The first-order valence-corrected chi connectivity index (χ1v) is 13.9. The van der Waals surface area contributed by atoms with Crippen LogP contribution in [0.5, 0.6) is 0 Å². The molecule has 0 spiro atoms. The van der Waals surface area contributed by atoms with Crippen molar-refractivity contribution in [1.29, 1.82) is 0 Å². The number of carbonyl (C=O) groups excluding carboxylic acids is 4. The van der Waals surface area contributed by atoms with Crippen molar-refractivity contribution in [2.75, 3.05) is 32.8 Å². The van der Waals surface area contributed by atoms with E-state index in [-0.39, 0.29) is 35.1 Å². The molecular formula is C23H22N8O4S3. The highest BCUT2D eigenvalue weighted by atomic mass is 32.2. The van der Waals surface area contributed by atoms with Gasteiger partial charge in [-0.15, -0.1) is 15.3 Å². The first-order chi connectivity index (χ1) is 18.2. The maximum atomic E-state index is 12.4. The Morgan fingerprint density at radius 1 is 0.711 bits per heavy atom. The maximum Gasteiger partial charge on any atom is 0.236 e. The van der Waals surface area contributed by atoms with E-state index in [1.165, 1.54) is 48.7 Å². The lowest BCUT2D eigenvalue weighted by Gasteiger charge is -2.06. The Morgan fingerprint density at radius 2 is 1.16 bits per heavy atom. The smallest absolute Gasteiger partial charge is 0.236 e. The molecule has 0 aliphatic rings. The largest absolute Gasteiger partial charge is 0.326 e. The van der Waals surface area contributed by atoms with Gasteiger partial charge in [-0.25, -0.2) is 0 Å². The SMILES string of the molecule is CC(=O)Nc1ccc(NC(=O)CSc2nn3c(SCC(=O)Nc4ccc(NC(C)=O)cc4)nnc3s2)cc1. The highest BCUT2D eigenvalue weighted by Gasteiger charge is 2.15. The molecule has 2 aromatic heterocycles. The van der Waals surface area contributed by atoms with Crippen molar-refractivity contribution in [3.8, 4) is 0 Å². The molecule has 15 heteroatoms. The predicted octanol–water partition coefficient (Wildman–Crippen LogP) is 3.56. The third-order valence-electron chi connectivity index (χ3n) is 4.58. The maximum absolute atomic E-state index is 12.4. The Labute approximate surface area is 229 Å². The van der Waals surface area contributed by atoms with Gasteiger partial charge in [0.05, 0.1) is 11.5 Å². The lowest BCUT2D eigenvalue weighted by molar-refractivity contribution is -0.115. The van der Waals surface area contributed by atoms with Crippen molar-refractivity contribution in [3.63, 3.8) is 0 Å². The van der Waals surface area contributed by atoms with Crippen LogP contribution in [0.15, 0.2) is 58.0 Å². The van der Waals surface area contributed by atoms with Crippen LogP contribution in [0.2, 0.25) is 0 Å². The Kier molecular flexibility index (Phi) is 8.93. The number of nitrogens with zero attached hydrogens (tertiary/aromatic N) is 4. The van der Waals surface area contributed by atoms with Gasteiger partial charge in [0.15, 0.2) is 4.34 Å². The summed E-state index contributed by atoms with van der Waals surface area (Å²) in [5, 5.41) is 24.0. The van der Waals surface area contributed by atoms with Gasteiger partial charge in [-0.05, 0) is 48.5 Å². The summed E-state index contributed by atoms with van der Waals surface area (Å²) in [6.45, 7) is 2.85. The van der Waals surface area contributed by atoms with Crippen LogP contribution in [0.25, 0.3) is 4.96 Å². The van der Waals surface area contributed by atoms with E-state index in [4.69, 9.17) is 0 Å². The Bertz CT molecular complexity index is 1470. The van der Waals surface area contributed by atoms with Crippen LogP contribution in [0.1, 0.15) is 13.8 Å². The molecule has 0 bridgehead atoms. The fourth-order valence-corrected chi connectivity index (χ4v) is 5.48. The number of fused-ring (bicyclic) bond motifs is 1. The quantitative estimate of drug-likeness (QED) is 0.209. The van der Waals surface area contributed by atoms with Gasteiger partial charge >= 0.3 is 0 Å². The zero-order valence-electron chi connectivity index (χ0n) is 20.2. The standard InChI is InChI=1S/C23H22N8O4S3/c1-13(32)24-15-3-7-17(8-4-15)26-19(34)11-36-21-28-29-22-31(21)30-23(38-22)37-12-20(35)27-18-9-5-16(6-10-18)25-14(2)33/h3-10H,11-12H2,1-2H3,(H,24,32)(H,25,33)(H,26,34)(H,27,35). The summed E-state index contributed by atoms with van der Waals surface area (Å²) in [5.41, 5.74) is 2.50. The molecule has 12 nitrogen and oxygen atoms in total. The van der Waals surface area contributed by atoms with Crippen molar-refractivity contribution >= 4 is 86.2 Å². The third kappa shape index (κ3) is 7.77. The molecular weight excluding hydrogens is 549 g/mol. The van der Waals surface area contributed by atoms with Gasteiger partial charge in [0.2, 0.25) is 33.7 Å². The molecule has 0 unspecified atom stereocenters. The van der Waals surface area contributed by atoms with Crippen LogP contribution in [0.4, 0.5) is 22.7 Å². The molecule has 38 heavy (non-hydrogen) atoms. The van der Waals surface area contributed by atoms with Crippen molar-refractivity contribution in [3.05, 3.63) is 48.5 Å². The fraction of sp³-hybridized carbons (Fsp3) is 0.174. The zero-order valence-corrected chi connectivity index (χ0v) is 22.6. The third-order valence-corrected chi connectivity index (χ3v) is 7.53. The summed E-state index contributed by atoms with van der Waals surface area (Å²) in [6, 6.07) is 13.6. The number of aromatic nitrogens is 4. The molecule has 0 saturated carbocycles. The highest BCUT2D eigenvalue weighted by Crippen LogP contribution is 2.27. The van der Waals surface area contributed by atoms with E-state index in [2.05, 4.69) is 36.6 Å². The molecule has 0 fully saturated rings. The van der Waals surface area contributed by atoms with Crippen molar-refractivity contribution in [2.24, 2.45) is 0 Å². The van der Waals surface area contributed by atoms with E-state index in [0.29, 0.717) is 37.2 Å². The van der Waals surface area contributed by atoms with Gasteiger partial charge in [-0.2, -0.15) is 4.52 Å². The van der Waals surface area contributed by atoms with Crippen LogP contribution in [0.3, 0.4) is 0 Å². The van der Waals surface area contributed by atoms with Crippen molar-refractivity contribution in [1.82, 2.24) is 19.8 Å². The van der Waals surface area contributed by atoms with Crippen LogP contribution in [0, 0.1) is 0 Å². The molecule has 0 aliphatic heterocycles. The number of hydrogen-bond acceptors (Lipinski definition) is 10.